The van der Waals surface area contributed by atoms with E-state index >= 15 is 0 Å². The third-order valence-electron chi connectivity index (χ3n) is 3.33. The van der Waals surface area contributed by atoms with Gasteiger partial charge in [-0.1, -0.05) is 48.0 Å². The summed E-state index contributed by atoms with van der Waals surface area (Å²) >= 11 is 5.75. The Labute approximate surface area is 145 Å². The lowest BCUT2D eigenvalue weighted by Gasteiger charge is -2.17. The molecule has 7 heteroatoms. The zero-order valence-electron chi connectivity index (χ0n) is 12.9. The maximum atomic E-state index is 11.6. The number of amides is 1. The van der Waals surface area contributed by atoms with Crippen LogP contribution in [0.3, 0.4) is 0 Å². The molecular weight excluding hydrogens is 332 g/mol. The second-order valence-electron chi connectivity index (χ2n) is 5.17. The molecule has 6 nitrogen and oxygen atoms in total. The molecule has 1 heterocycles. The van der Waals surface area contributed by atoms with Crippen molar-refractivity contribution in [2.24, 2.45) is 0 Å². The van der Waals surface area contributed by atoms with E-state index in [9.17, 15) is 15.0 Å². The largest absolute Gasteiger partial charge is 0.445 e. The van der Waals surface area contributed by atoms with Crippen LogP contribution in [-0.2, 0) is 11.3 Å². The average molecular weight is 351 g/mol. The van der Waals surface area contributed by atoms with Gasteiger partial charge in [-0.2, -0.15) is 0 Å². The lowest BCUT2D eigenvalue weighted by atomic mass is 10.1. The van der Waals surface area contributed by atoms with E-state index < -0.39 is 18.3 Å². The summed E-state index contributed by atoms with van der Waals surface area (Å²) in [6.45, 7) is 0.330. The standard InChI is InChI=1S/C17H19ClN2O4/c18-15-8-4-7-13(20-15)16(22)14(21)9-10-19-17(23)24-11-12-5-2-1-3-6-12/h1-8,14,16,21-22H,9-11H2,(H,19,23). The number of ether oxygens (including phenoxy) is 1. The summed E-state index contributed by atoms with van der Waals surface area (Å²) in [5.41, 5.74) is 1.16. The predicted octanol–water partition coefficient (Wildman–Crippen LogP) is 2.45. The van der Waals surface area contributed by atoms with Crippen molar-refractivity contribution < 1.29 is 19.7 Å². The first-order valence-electron chi connectivity index (χ1n) is 7.49. The van der Waals surface area contributed by atoms with Crippen molar-refractivity contribution in [3.63, 3.8) is 0 Å². The lowest BCUT2D eigenvalue weighted by molar-refractivity contribution is 0.0112. The number of aliphatic hydroxyl groups excluding tert-OH is 2. The van der Waals surface area contributed by atoms with E-state index in [0.29, 0.717) is 0 Å². The van der Waals surface area contributed by atoms with Gasteiger partial charge < -0.3 is 20.3 Å². The molecule has 0 aliphatic rings. The van der Waals surface area contributed by atoms with Gasteiger partial charge in [-0.05, 0) is 24.1 Å². The molecule has 3 N–H and O–H groups in total. The number of alkyl carbamates (subject to hydrolysis) is 1. The zero-order valence-corrected chi connectivity index (χ0v) is 13.7. The number of hydrogen-bond acceptors (Lipinski definition) is 5. The summed E-state index contributed by atoms with van der Waals surface area (Å²) < 4.78 is 5.05. The normalized spacial score (nSPS) is 13.1. The first-order valence-corrected chi connectivity index (χ1v) is 7.87. The first-order chi connectivity index (χ1) is 11.6. The number of carbonyl (C=O) groups is 1. The highest BCUT2D eigenvalue weighted by molar-refractivity contribution is 6.29. The topological polar surface area (TPSA) is 91.7 Å². The molecule has 0 radical (unpaired) electrons. The molecule has 1 aromatic carbocycles. The van der Waals surface area contributed by atoms with E-state index in [1.54, 1.807) is 18.2 Å². The van der Waals surface area contributed by atoms with Gasteiger partial charge in [0.2, 0.25) is 0 Å². The molecule has 24 heavy (non-hydrogen) atoms. The second kappa shape index (κ2) is 9.22. The SMILES string of the molecule is O=C(NCCC(O)C(O)c1cccc(Cl)n1)OCc1ccccc1. The molecule has 0 bridgehead atoms. The Morgan fingerprint density at radius 2 is 1.92 bits per heavy atom. The highest BCUT2D eigenvalue weighted by atomic mass is 35.5. The summed E-state index contributed by atoms with van der Waals surface area (Å²) in [5.74, 6) is 0. The van der Waals surface area contributed by atoms with Crippen LogP contribution in [0.2, 0.25) is 5.15 Å². The van der Waals surface area contributed by atoms with Crippen LogP contribution in [-0.4, -0.2) is 33.9 Å². The molecule has 0 fully saturated rings. The van der Waals surface area contributed by atoms with Crippen molar-refractivity contribution >= 4 is 17.7 Å². The maximum absolute atomic E-state index is 11.6. The fraction of sp³-hybridized carbons (Fsp3) is 0.294. The van der Waals surface area contributed by atoms with Gasteiger partial charge in [0.25, 0.3) is 0 Å². The van der Waals surface area contributed by atoms with E-state index in [-0.39, 0.29) is 30.4 Å². The second-order valence-corrected chi connectivity index (χ2v) is 5.56. The molecule has 0 saturated heterocycles. The molecule has 2 atom stereocenters. The first kappa shape index (κ1) is 18.2. The predicted molar refractivity (Wildman–Crippen MR) is 89.5 cm³/mol. The van der Waals surface area contributed by atoms with Gasteiger partial charge in [0, 0.05) is 6.54 Å². The van der Waals surface area contributed by atoms with Crippen LogP contribution in [0.25, 0.3) is 0 Å². The number of carbonyl (C=O) groups excluding carboxylic acids is 1. The molecule has 2 rings (SSSR count). The molecule has 1 amide bonds. The third kappa shape index (κ3) is 5.81. The Morgan fingerprint density at radius 3 is 2.62 bits per heavy atom. The summed E-state index contributed by atoms with van der Waals surface area (Å²) in [6, 6.07) is 14.1. The van der Waals surface area contributed by atoms with E-state index in [2.05, 4.69) is 10.3 Å². The molecule has 128 valence electrons. The highest BCUT2D eigenvalue weighted by Gasteiger charge is 2.19. The van der Waals surface area contributed by atoms with Gasteiger partial charge in [0.15, 0.2) is 0 Å². The van der Waals surface area contributed by atoms with Crippen molar-refractivity contribution in [1.82, 2.24) is 10.3 Å². The van der Waals surface area contributed by atoms with Gasteiger partial charge >= 0.3 is 6.09 Å². The van der Waals surface area contributed by atoms with Gasteiger partial charge in [0.1, 0.15) is 17.9 Å². The summed E-state index contributed by atoms with van der Waals surface area (Å²) in [7, 11) is 0. The van der Waals surface area contributed by atoms with Crippen LogP contribution in [0.5, 0.6) is 0 Å². The number of benzene rings is 1. The quantitative estimate of drug-likeness (QED) is 0.667. The molecule has 2 unspecified atom stereocenters. The Kier molecular flexibility index (Phi) is 6.99. The van der Waals surface area contributed by atoms with Crippen molar-refractivity contribution in [3.8, 4) is 0 Å². The average Bonchev–Trinajstić information content (AvgIpc) is 2.60. The van der Waals surface area contributed by atoms with Crippen LogP contribution in [0.15, 0.2) is 48.5 Å². The lowest BCUT2D eigenvalue weighted by Crippen LogP contribution is -2.30. The molecule has 2 aromatic rings. The van der Waals surface area contributed by atoms with E-state index in [1.165, 1.54) is 0 Å². The van der Waals surface area contributed by atoms with Crippen molar-refractivity contribution in [2.45, 2.75) is 25.2 Å². The molecule has 0 saturated carbocycles. The number of aromatic nitrogens is 1. The zero-order chi connectivity index (χ0) is 17.4. The van der Waals surface area contributed by atoms with Crippen LogP contribution >= 0.6 is 11.6 Å². The fourth-order valence-corrected chi connectivity index (χ4v) is 2.21. The number of nitrogens with zero attached hydrogens (tertiary/aromatic N) is 1. The monoisotopic (exact) mass is 350 g/mol. The third-order valence-corrected chi connectivity index (χ3v) is 3.54. The van der Waals surface area contributed by atoms with Crippen LogP contribution in [0.1, 0.15) is 23.8 Å². The molecule has 0 spiro atoms. The van der Waals surface area contributed by atoms with Crippen LogP contribution in [0, 0.1) is 0 Å². The molecular formula is C17H19ClN2O4. The summed E-state index contributed by atoms with van der Waals surface area (Å²) in [6.07, 6.45) is -2.69. The van der Waals surface area contributed by atoms with Gasteiger partial charge in [-0.3, -0.25) is 0 Å². The number of aliphatic hydroxyl groups is 2. The van der Waals surface area contributed by atoms with E-state index in [1.807, 2.05) is 30.3 Å². The maximum Gasteiger partial charge on any atom is 0.407 e. The van der Waals surface area contributed by atoms with Crippen molar-refractivity contribution in [2.75, 3.05) is 6.54 Å². The summed E-state index contributed by atoms with van der Waals surface area (Å²) in [5, 5.41) is 22.7. The van der Waals surface area contributed by atoms with Crippen LogP contribution < -0.4 is 5.32 Å². The number of hydrogen-bond donors (Lipinski definition) is 3. The number of nitrogens with one attached hydrogen (secondary N) is 1. The smallest absolute Gasteiger partial charge is 0.407 e. The van der Waals surface area contributed by atoms with Crippen molar-refractivity contribution in [3.05, 3.63) is 64.9 Å². The number of rotatable bonds is 7. The Bertz CT molecular complexity index is 654. The van der Waals surface area contributed by atoms with Gasteiger partial charge in [0.05, 0.1) is 11.8 Å². The highest BCUT2D eigenvalue weighted by Crippen LogP contribution is 2.18. The number of halogens is 1. The van der Waals surface area contributed by atoms with Gasteiger partial charge in [-0.15, -0.1) is 0 Å². The molecule has 0 aliphatic carbocycles. The Hall–Kier alpha value is -2.15. The van der Waals surface area contributed by atoms with Crippen molar-refractivity contribution in [1.29, 1.82) is 0 Å². The minimum absolute atomic E-state index is 0.149. The minimum atomic E-state index is -1.18. The Balaban J connectivity index is 1.70. The van der Waals surface area contributed by atoms with Crippen LogP contribution in [0.4, 0.5) is 4.79 Å². The molecule has 1 aromatic heterocycles. The Morgan fingerprint density at radius 1 is 1.17 bits per heavy atom. The van der Waals surface area contributed by atoms with E-state index in [4.69, 9.17) is 16.3 Å². The molecule has 0 aliphatic heterocycles. The number of pyridine rings is 1. The minimum Gasteiger partial charge on any atom is -0.445 e. The van der Waals surface area contributed by atoms with E-state index in [0.717, 1.165) is 5.56 Å². The summed E-state index contributed by atoms with van der Waals surface area (Å²) in [4.78, 5) is 15.5. The fourth-order valence-electron chi connectivity index (χ4n) is 2.04. The van der Waals surface area contributed by atoms with Gasteiger partial charge in [-0.25, -0.2) is 9.78 Å².